The van der Waals surface area contributed by atoms with Gasteiger partial charge in [-0.25, -0.2) is 13.8 Å². The molecule has 0 radical (unpaired) electrons. The smallest absolute Gasteiger partial charge is 0.264 e. The first-order chi connectivity index (χ1) is 14.9. The molecule has 2 aromatic carbocycles. The molecule has 160 valence electrons. The molecule has 1 amide bonds. The standard InChI is InChI=1S/C22H22N4O4S/c1-17-6-12-21(13-7-17)31(28,29)26(19-8-10-20(30-2)11-9-19)16-22(27)25-24-15-18-5-3-4-14-23-18/h3-15H,16H2,1-2H3,(H,25,27)/b24-15-. The van der Waals surface area contributed by atoms with Crippen molar-refractivity contribution in [3.8, 4) is 5.75 Å². The number of carbonyl (C=O) groups is 1. The summed E-state index contributed by atoms with van der Waals surface area (Å²) < 4.78 is 32.8. The molecular weight excluding hydrogens is 416 g/mol. The maximum Gasteiger partial charge on any atom is 0.264 e. The Bertz CT molecular complexity index is 1150. The van der Waals surface area contributed by atoms with E-state index in [1.165, 1.54) is 25.5 Å². The number of anilines is 1. The Labute approximate surface area is 181 Å². The summed E-state index contributed by atoms with van der Waals surface area (Å²) in [4.78, 5) is 16.6. The second kappa shape index (κ2) is 9.86. The fourth-order valence-electron chi connectivity index (χ4n) is 2.69. The molecule has 1 N–H and O–H groups in total. The van der Waals surface area contributed by atoms with E-state index in [9.17, 15) is 13.2 Å². The number of pyridine rings is 1. The summed E-state index contributed by atoms with van der Waals surface area (Å²) in [5, 5.41) is 3.85. The van der Waals surface area contributed by atoms with Crippen LogP contribution in [-0.4, -0.2) is 39.2 Å². The van der Waals surface area contributed by atoms with E-state index < -0.39 is 22.5 Å². The van der Waals surface area contributed by atoms with E-state index in [2.05, 4.69) is 15.5 Å². The Morgan fingerprint density at radius 1 is 1.10 bits per heavy atom. The number of hydrogen-bond acceptors (Lipinski definition) is 6. The van der Waals surface area contributed by atoms with E-state index in [-0.39, 0.29) is 4.90 Å². The number of carbonyl (C=O) groups excluding carboxylic acids is 1. The largest absolute Gasteiger partial charge is 0.497 e. The molecule has 9 heteroatoms. The van der Waals surface area contributed by atoms with Gasteiger partial charge in [-0.05, 0) is 55.5 Å². The number of hydrazone groups is 1. The number of aromatic nitrogens is 1. The van der Waals surface area contributed by atoms with E-state index >= 15 is 0 Å². The zero-order valence-corrected chi connectivity index (χ0v) is 17.9. The zero-order valence-electron chi connectivity index (χ0n) is 17.1. The highest BCUT2D eigenvalue weighted by molar-refractivity contribution is 7.92. The first kappa shape index (κ1) is 22.0. The van der Waals surface area contributed by atoms with Gasteiger partial charge in [0.15, 0.2) is 0 Å². The molecule has 0 spiro atoms. The maximum absolute atomic E-state index is 13.3. The Hall–Kier alpha value is -3.72. The van der Waals surface area contributed by atoms with E-state index in [0.717, 1.165) is 9.87 Å². The lowest BCUT2D eigenvalue weighted by Gasteiger charge is -2.24. The van der Waals surface area contributed by atoms with Crippen molar-refractivity contribution in [3.05, 3.63) is 84.2 Å². The van der Waals surface area contributed by atoms with Crippen LogP contribution >= 0.6 is 0 Å². The monoisotopic (exact) mass is 438 g/mol. The van der Waals surface area contributed by atoms with Gasteiger partial charge >= 0.3 is 0 Å². The van der Waals surface area contributed by atoms with Crippen LogP contribution in [0.1, 0.15) is 11.3 Å². The van der Waals surface area contributed by atoms with Gasteiger partial charge in [0.05, 0.1) is 29.6 Å². The Balaban J connectivity index is 1.85. The number of amides is 1. The highest BCUT2D eigenvalue weighted by atomic mass is 32.2. The lowest BCUT2D eigenvalue weighted by Crippen LogP contribution is -2.39. The number of nitrogens with one attached hydrogen (secondary N) is 1. The van der Waals surface area contributed by atoms with Crippen LogP contribution in [0.3, 0.4) is 0 Å². The third kappa shape index (κ3) is 5.67. The fraction of sp³-hybridized carbons (Fsp3) is 0.136. The molecule has 3 rings (SSSR count). The highest BCUT2D eigenvalue weighted by Crippen LogP contribution is 2.25. The molecule has 3 aromatic rings. The second-order valence-corrected chi connectivity index (χ2v) is 8.43. The number of nitrogens with zero attached hydrogens (tertiary/aromatic N) is 3. The number of benzene rings is 2. The maximum atomic E-state index is 13.3. The van der Waals surface area contributed by atoms with Gasteiger partial charge in [-0.3, -0.25) is 14.1 Å². The summed E-state index contributed by atoms with van der Waals surface area (Å²) in [5.41, 5.74) is 4.16. The lowest BCUT2D eigenvalue weighted by atomic mass is 10.2. The molecule has 31 heavy (non-hydrogen) atoms. The predicted octanol–water partition coefficient (Wildman–Crippen LogP) is 2.74. The van der Waals surface area contributed by atoms with Crippen molar-refractivity contribution in [2.45, 2.75) is 11.8 Å². The van der Waals surface area contributed by atoms with Crippen molar-refractivity contribution in [3.63, 3.8) is 0 Å². The minimum atomic E-state index is -4.00. The molecule has 8 nitrogen and oxygen atoms in total. The summed E-state index contributed by atoms with van der Waals surface area (Å²) in [5.74, 6) is -0.0282. The fourth-order valence-corrected chi connectivity index (χ4v) is 4.11. The van der Waals surface area contributed by atoms with Crippen LogP contribution in [0, 0.1) is 6.92 Å². The summed E-state index contributed by atoms with van der Waals surface area (Å²) in [7, 11) is -2.48. The minimum absolute atomic E-state index is 0.0821. The van der Waals surface area contributed by atoms with Crippen molar-refractivity contribution < 1.29 is 17.9 Å². The third-order valence-electron chi connectivity index (χ3n) is 4.33. The minimum Gasteiger partial charge on any atom is -0.497 e. The van der Waals surface area contributed by atoms with Gasteiger partial charge in [0, 0.05) is 6.20 Å². The Kier molecular flexibility index (Phi) is 6.99. The number of sulfonamides is 1. The zero-order chi connectivity index (χ0) is 22.3. The molecule has 1 aromatic heterocycles. The van der Waals surface area contributed by atoms with Crippen molar-refractivity contribution in [1.29, 1.82) is 0 Å². The summed E-state index contributed by atoms with van der Waals surface area (Å²) in [6.07, 6.45) is 2.98. The van der Waals surface area contributed by atoms with Gasteiger partial charge in [-0.15, -0.1) is 0 Å². The number of aryl methyl sites for hydroxylation is 1. The van der Waals surface area contributed by atoms with Crippen LogP contribution in [0.15, 0.2) is 82.9 Å². The van der Waals surface area contributed by atoms with E-state index in [0.29, 0.717) is 17.1 Å². The Morgan fingerprint density at radius 2 is 1.81 bits per heavy atom. The molecule has 1 heterocycles. The Morgan fingerprint density at radius 3 is 2.42 bits per heavy atom. The highest BCUT2D eigenvalue weighted by Gasteiger charge is 2.27. The first-order valence-corrected chi connectivity index (χ1v) is 10.8. The number of methoxy groups -OCH3 is 1. The van der Waals surface area contributed by atoms with Gasteiger partial charge in [0.25, 0.3) is 15.9 Å². The topological polar surface area (TPSA) is 101 Å². The lowest BCUT2D eigenvalue weighted by molar-refractivity contribution is -0.119. The first-order valence-electron chi connectivity index (χ1n) is 9.36. The van der Waals surface area contributed by atoms with E-state index in [1.807, 2.05) is 6.92 Å². The SMILES string of the molecule is COc1ccc(N(CC(=O)N/N=C\c2ccccn2)S(=O)(=O)c2ccc(C)cc2)cc1. The number of ether oxygens (including phenoxy) is 1. The molecular formula is C22H22N4O4S. The average Bonchev–Trinajstić information content (AvgIpc) is 2.78. The van der Waals surface area contributed by atoms with Gasteiger partial charge in [-0.2, -0.15) is 5.10 Å². The van der Waals surface area contributed by atoms with Crippen LogP contribution in [-0.2, 0) is 14.8 Å². The van der Waals surface area contributed by atoms with Crippen molar-refractivity contribution >= 4 is 27.8 Å². The van der Waals surface area contributed by atoms with Crippen LogP contribution in [0.4, 0.5) is 5.69 Å². The van der Waals surface area contributed by atoms with Crippen molar-refractivity contribution in [2.75, 3.05) is 18.0 Å². The normalized spacial score (nSPS) is 11.3. The molecule has 0 bridgehead atoms. The summed E-state index contributed by atoms with van der Waals surface area (Å²) >= 11 is 0. The van der Waals surface area contributed by atoms with Gasteiger partial charge < -0.3 is 4.74 Å². The van der Waals surface area contributed by atoms with Gasteiger partial charge in [-0.1, -0.05) is 23.8 Å². The van der Waals surface area contributed by atoms with Crippen LogP contribution < -0.4 is 14.5 Å². The molecule has 0 aliphatic rings. The molecule has 0 atom stereocenters. The number of rotatable bonds is 8. The van der Waals surface area contributed by atoms with Gasteiger partial charge in [0.2, 0.25) is 0 Å². The second-order valence-electron chi connectivity index (χ2n) is 6.57. The average molecular weight is 439 g/mol. The van der Waals surface area contributed by atoms with Gasteiger partial charge in [0.1, 0.15) is 12.3 Å². The van der Waals surface area contributed by atoms with Crippen LogP contribution in [0.2, 0.25) is 0 Å². The molecule has 0 aliphatic carbocycles. The molecule has 0 saturated heterocycles. The molecule has 0 aliphatic heterocycles. The van der Waals surface area contributed by atoms with E-state index in [1.54, 1.807) is 60.8 Å². The summed E-state index contributed by atoms with van der Waals surface area (Å²) in [6.45, 7) is 1.41. The van der Waals surface area contributed by atoms with Crippen LogP contribution in [0.25, 0.3) is 0 Å². The molecule has 0 unspecified atom stereocenters. The van der Waals surface area contributed by atoms with Crippen molar-refractivity contribution in [1.82, 2.24) is 10.4 Å². The summed E-state index contributed by atoms with van der Waals surface area (Å²) in [6, 6.07) is 18.1. The van der Waals surface area contributed by atoms with Crippen LogP contribution in [0.5, 0.6) is 5.75 Å². The third-order valence-corrected chi connectivity index (χ3v) is 6.12. The van der Waals surface area contributed by atoms with E-state index in [4.69, 9.17) is 4.74 Å². The van der Waals surface area contributed by atoms with Crippen molar-refractivity contribution in [2.24, 2.45) is 5.10 Å². The number of hydrogen-bond donors (Lipinski definition) is 1. The predicted molar refractivity (Wildman–Crippen MR) is 119 cm³/mol. The molecule has 0 fully saturated rings. The molecule has 0 saturated carbocycles. The quantitative estimate of drug-likeness (QED) is 0.431.